The van der Waals surface area contributed by atoms with Crippen LogP contribution in [0.25, 0.3) is 6.08 Å². The lowest BCUT2D eigenvalue weighted by Crippen LogP contribution is -2.16. The van der Waals surface area contributed by atoms with Gasteiger partial charge in [-0.3, -0.25) is 4.79 Å². The van der Waals surface area contributed by atoms with Gasteiger partial charge in [-0.05, 0) is 45.0 Å². The Morgan fingerprint density at radius 3 is 2.47 bits per heavy atom. The van der Waals surface area contributed by atoms with E-state index in [1.165, 1.54) is 13.2 Å². The molecule has 7 heteroatoms. The molecule has 162 valence electrons. The zero-order chi connectivity index (χ0) is 22.3. The molecule has 2 aromatic rings. The van der Waals surface area contributed by atoms with E-state index >= 15 is 0 Å². The van der Waals surface area contributed by atoms with Gasteiger partial charge in [0.05, 0.1) is 26.9 Å². The maximum atomic E-state index is 12.6. The molecule has 1 atom stereocenters. The van der Waals surface area contributed by atoms with Crippen molar-refractivity contribution in [3.8, 4) is 11.5 Å². The zero-order valence-corrected chi connectivity index (χ0v) is 18.4. The maximum absolute atomic E-state index is 12.6. The molecular formula is C23H29NO6. The number of Topliss-reactive ketones (excluding diaryl/α,β-unsaturated/α-hetero) is 1. The van der Waals surface area contributed by atoms with Crippen molar-refractivity contribution in [2.75, 3.05) is 34.5 Å². The second-order valence-corrected chi connectivity index (χ2v) is 6.93. The molecule has 0 bridgehead atoms. The minimum atomic E-state index is -0.609. The number of rotatable bonds is 10. The molecule has 0 spiro atoms. The SMILES string of the molecule is COC[C@H](C)n1c(C)cc(C(=O)COC(=O)/C=C/c2ccc(OC)cc2OC)c1C. The minimum Gasteiger partial charge on any atom is -0.497 e. The van der Waals surface area contributed by atoms with Gasteiger partial charge in [0.15, 0.2) is 6.61 Å². The number of carbonyl (C=O) groups excluding carboxylic acids is 2. The predicted octanol–water partition coefficient (Wildman–Crippen LogP) is 3.77. The number of hydrogen-bond acceptors (Lipinski definition) is 6. The highest BCUT2D eigenvalue weighted by atomic mass is 16.5. The summed E-state index contributed by atoms with van der Waals surface area (Å²) < 4.78 is 22.8. The van der Waals surface area contributed by atoms with Crippen LogP contribution < -0.4 is 9.47 Å². The third kappa shape index (κ3) is 5.51. The van der Waals surface area contributed by atoms with Gasteiger partial charge in [-0.15, -0.1) is 0 Å². The summed E-state index contributed by atoms with van der Waals surface area (Å²) in [7, 11) is 4.74. The fraction of sp³-hybridized carbons (Fsp3) is 0.391. The zero-order valence-electron chi connectivity index (χ0n) is 18.4. The first-order chi connectivity index (χ1) is 14.3. The smallest absolute Gasteiger partial charge is 0.331 e. The Kier molecular flexibility index (Phi) is 8.24. The number of carbonyl (C=O) groups is 2. The molecule has 7 nitrogen and oxygen atoms in total. The number of aromatic nitrogens is 1. The second-order valence-electron chi connectivity index (χ2n) is 6.93. The number of hydrogen-bond donors (Lipinski definition) is 0. The fourth-order valence-electron chi connectivity index (χ4n) is 3.43. The number of ketones is 1. The minimum absolute atomic E-state index is 0.0986. The summed E-state index contributed by atoms with van der Waals surface area (Å²) >= 11 is 0. The molecule has 1 aromatic carbocycles. The van der Waals surface area contributed by atoms with Gasteiger partial charge in [0, 0.05) is 41.8 Å². The van der Waals surface area contributed by atoms with E-state index in [1.54, 1.807) is 38.5 Å². The van der Waals surface area contributed by atoms with Crippen LogP contribution in [-0.2, 0) is 14.3 Å². The van der Waals surface area contributed by atoms with Gasteiger partial charge < -0.3 is 23.5 Å². The largest absolute Gasteiger partial charge is 0.497 e. The molecule has 0 aliphatic heterocycles. The van der Waals surface area contributed by atoms with Crippen LogP contribution in [0.3, 0.4) is 0 Å². The van der Waals surface area contributed by atoms with E-state index in [2.05, 4.69) is 4.57 Å². The molecule has 0 N–H and O–H groups in total. The van der Waals surface area contributed by atoms with E-state index in [9.17, 15) is 9.59 Å². The maximum Gasteiger partial charge on any atom is 0.331 e. The van der Waals surface area contributed by atoms with Gasteiger partial charge >= 0.3 is 5.97 Å². The third-order valence-corrected chi connectivity index (χ3v) is 4.82. The standard InChI is InChI=1S/C23H29NO6/c1-15-11-20(17(3)24(15)16(2)13-27-4)21(25)14-30-23(26)10-8-18-7-9-19(28-5)12-22(18)29-6/h7-12,16H,13-14H2,1-6H3/b10-8+/t16-/m0/s1. The average molecular weight is 415 g/mol. The first-order valence-electron chi connectivity index (χ1n) is 9.59. The Labute approximate surface area is 177 Å². The summed E-state index contributed by atoms with van der Waals surface area (Å²) in [4.78, 5) is 24.7. The van der Waals surface area contributed by atoms with Crippen LogP contribution in [0, 0.1) is 13.8 Å². The highest BCUT2D eigenvalue weighted by molar-refractivity contribution is 6.00. The highest BCUT2D eigenvalue weighted by Crippen LogP contribution is 2.25. The summed E-state index contributed by atoms with van der Waals surface area (Å²) in [6, 6.07) is 7.16. The normalized spacial score (nSPS) is 12.1. The van der Waals surface area contributed by atoms with Crippen molar-refractivity contribution in [2.24, 2.45) is 0 Å². The number of benzene rings is 1. The lowest BCUT2D eigenvalue weighted by Gasteiger charge is -2.17. The van der Waals surface area contributed by atoms with Gasteiger partial charge in [0.1, 0.15) is 11.5 Å². The van der Waals surface area contributed by atoms with Crippen molar-refractivity contribution in [3.63, 3.8) is 0 Å². The van der Waals surface area contributed by atoms with E-state index < -0.39 is 5.97 Å². The Bertz CT molecular complexity index is 928. The number of methoxy groups -OCH3 is 3. The van der Waals surface area contributed by atoms with Crippen LogP contribution in [0.5, 0.6) is 11.5 Å². The fourth-order valence-corrected chi connectivity index (χ4v) is 3.43. The van der Waals surface area contributed by atoms with E-state index in [4.69, 9.17) is 18.9 Å². The van der Waals surface area contributed by atoms with Crippen molar-refractivity contribution in [3.05, 3.63) is 52.9 Å². The molecule has 1 heterocycles. The van der Waals surface area contributed by atoms with Gasteiger partial charge in [-0.25, -0.2) is 4.79 Å². The van der Waals surface area contributed by atoms with Crippen molar-refractivity contribution in [1.82, 2.24) is 4.57 Å². The monoisotopic (exact) mass is 415 g/mol. The topological polar surface area (TPSA) is 76.0 Å². The second kappa shape index (κ2) is 10.6. The summed E-state index contributed by atoms with van der Waals surface area (Å²) in [5, 5.41) is 0. The Balaban J connectivity index is 2.02. The molecular weight excluding hydrogens is 386 g/mol. The molecule has 0 unspecified atom stereocenters. The quantitative estimate of drug-likeness (QED) is 0.334. The van der Waals surface area contributed by atoms with E-state index in [0.29, 0.717) is 29.2 Å². The van der Waals surface area contributed by atoms with Crippen LogP contribution in [0.1, 0.15) is 40.3 Å². The van der Waals surface area contributed by atoms with Gasteiger partial charge in [-0.2, -0.15) is 0 Å². The van der Waals surface area contributed by atoms with Crippen molar-refractivity contribution < 1.29 is 28.5 Å². The van der Waals surface area contributed by atoms with Gasteiger partial charge in [0.25, 0.3) is 0 Å². The summed E-state index contributed by atoms with van der Waals surface area (Å²) in [6.45, 7) is 6.05. The average Bonchev–Trinajstić information content (AvgIpc) is 3.04. The van der Waals surface area contributed by atoms with Crippen molar-refractivity contribution in [1.29, 1.82) is 0 Å². The number of ether oxygens (including phenoxy) is 4. The first-order valence-corrected chi connectivity index (χ1v) is 9.59. The molecule has 0 fully saturated rings. The van der Waals surface area contributed by atoms with Crippen molar-refractivity contribution >= 4 is 17.8 Å². The van der Waals surface area contributed by atoms with E-state index in [1.807, 2.05) is 26.8 Å². The van der Waals surface area contributed by atoms with Crippen LogP contribution in [-0.4, -0.2) is 50.9 Å². The number of esters is 1. The molecule has 30 heavy (non-hydrogen) atoms. The van der Waals surface area contributed by atoms with Crippen molar-refractivity contribution in [2.45, 2.75) is 26.8 Å². The number of aryl methyl sites for hydroxylation is 1. The molecule has 0 aliphatic rings. The van der Waals surface area contributed by atoms with Crippen LogP contribution in [0.2, 0.25) is 0 Å². The number of nitrogens with zero attached hydrogens (tertiary/aromatic N) is 1. The van der Waals surface area contributed by atoms with Gasteiger partial charge in [-0.1, -0.05) is 0 Å². The Morgan fingerprint density at radius 1 is 1.10 bits per heavy atom. The van der Waals surface area contributed by atoms with Crippen LogP contribution in [0.15, 0.2) is 30.3 Å². The lowest BCUT2D eigenvalue weighted by molar-refractivity contribution is -0.136. The highest BCUT2D eigenvalue weighted by Gasteiger charge is 2.19. The van der Waals surface area contributed by atoms with E-state index in [-0.39, 0.29) is 18.4 Å². The lowest BCUT2D eigenvalue weighted by atomic mass is 10.1. The molecule has 0 amide bonds. The predicted molar refractivity (Wildman–Crippen MR) is 114 cm³/mol. The molecule has 0 aliphatic carbocycles. The van der Waals surface area contributed by atoms with Crippen LogP contribution >= 0.6 is 0 Å². The molecule has 0 radical (unpaired) electrons. The van der Waals surface area contributed by atoms with Gasteiger partial charge in [0.2, 0.25) is 5.78 Å². The Hall–Kier alpha value is -3.06. The molecule has 0 saturated heterocycles. The third-order valence-electron chi connectivity index (χ3n) is 4.82. The molecule has 0 saturated carbocycles. The molecule has 2 rings (SSSR count). The summed E-state index contributed by atoms with van der Waals surface area (Å²) in [5.41, 5.74) is 3.02. The van der Waals surface area contributed by atoms with E-state index in [0.717, 1.165) is 11.4 Å². The first kappa shape index (κ1) is 23.2. The van der Waals surface area contributed by atoms with Crippen LogP contribution in [0.4, 0.5) is 0 Å². The molecule has 1 aromatic heterocycles. The summed E-state index contributed by atoms with van der Waals surface area (Å²) in [5.74, 6) is 0.354. The summed E-state index contributed by atoms with van der Waals surface area (Å²) in [6.07, 6.45) is 2.84. The Morgan fingerprint density at radius 2 is 1.83 bits per heavy atom.